The summed E-state index contributed by atoms with van der Waals surface area (Å²) >= 11 is 0. The fourth-order valence-corrected chi connectivity index (χ4v) is 4.57. The van der Waals surface area contributed by atoms with E-state index < -0.39 is 22.0 Å². The molecule has 1 heterocycles. The maximum atomic E-state index is 13.2. The maximum Gasteiger partial charge on any atom is 0.339 e. The van der Waals surface area contributed by atoms with Gasteiger partial charge in [0.15, 0.2) is 0 Å². The number of benzene rings is 2. The van der Waals surface area contributed by atoms with Crippen molar-refractivity contribution >= 4 is 16.0 Å². The number of sulfonamides is 1. The highest BCUT2D eigenvalue weighted by Crippen LogP contribution is 2.32. The first-order valence-corrected chi connectivity index (χ1v) is 9.45. The lowest BCUT2D eigenvalue weighted by Crippen LogP contribution is -2.43. The van der Waals surface area contributed by atoms with Gasteiger partial charge in [0.2, 0.25) is 10.0 Å². The summed E-state index contributed by atoms with van der Waals surface area (Å²) in [6, 6.07) is 12.6. The average molecular weight is 377 g/mol. The van der Waals surface area contributed by atoms with Crippen molar-refractivity contribution in [3.05, 3.63) is 59.7 Å². The van der Waals surface area contributed by atoms with Gasteiger partial charge in [0.1, 0.15) is 11.3 Å². The Kier molecular flexibility index (Phi) is 5.26. The molecule has 1 aliphatic heterocycles. The van der Waals surface area contributed by atoms with E-state index in [0.717, 1.165) is 11.6 Å². The van der Waals surface area contributed by atoms with Crippen LogP contribution in [0.1, 0.15) is 22.0 Å². The highest BCUT2D eigenvalue weighted by molar-refractivity contribution is 7.89. The molecule has 0 spiro atoms. The molecule has 1 aliphatic rings. The van der Waals surface area contributed by atoms with Crippen LogP contribution in [0.5, 0.6) is 5.75 Å². The maximum absolute atomic E-state index is 13.2. The molecule has 1 saturated heterocycles. The van der Waals surface area contributed by atoms with E-state index in [1.54, 1.807) is 0 Å². The summed E-state index contributed by atoms with van der Waals surface area (Å²) in [4.78, 5) is 11.3. The molecule has 7 nitrogen and oxygen atoms in total. The van der Waals surface area contributed by atoms with E-state index >= 15 is 0 Å². The molecule has 26 heavy (non-hydrogen) atoms. The van der Waals surface area contributed by atoms with Gasteiger partial charge in [0.25, 0.3) is 0 Å². The Bertz CT molecular complexity index is 897. The molecule has 0 bridgehead atoms. The summed E-state index contributed by atoms with van der Waals surface area (Å²) in [7, 11) is -2.57. The monoisotopic (exact) mass is 377 g/mol. The van der Waals surface area contributed by atoms with Crippen LogP contribution in [0.25, 0.3) is 0 Å². The lowest BCUT2D eigenvalue weighted by molar-refractivity contribution is 0.0320. The van der Waals surface area contributed by atoms with Crippen molar-refractivity contribution in [2.45, 2.75) is 10.9 Å². The molecule has 1 unspecified atom stereocenters. The van der Waals surface area contributed by atoms with Crippen molar-refractivity contribution in [2.24, 2.45) is 0 Å². The summed E-state index contributed by atoms with van der Waals surface area (Å²) in [5.74, 6) is -1.14. The molecule has 1 atom stereocenters. The number of carboxylic acid groups (broad SMARTS) is 1. The summed E-state index contributed by atoms with van der Waals surface area (Å²) in [5, 5.41) is 9.32. The zero-order valence-electron chi connectivity index (χ0n) is 14.2. The van der Waals surface area contributed by atoms with Gasteiger partial charge < -0.3 is 14.6 Å². The van der Waals surface area contributed by atoms with Crippen molar-refractivity contribution < 1.29 is 27.8 Å². The average Bonchev–Trinajstić information content (AvgIpc) is 2.68. The van der Waals surface area contributed by atoms with Gasteiger partial charge in [-0.05, 0) is 23.8 Å². The van der Waals surface area contributed by atoms with Crippen molar-refractivity contribution in [2.75, 3.05) is 26.9 Å². The summed E-state index contributed by atoms with van der Waals surface area (Å²) in [5.41, 5.74) is 0.626. The molecule has 0 aromatic heterocycles. The first-order valence-electron chi connectivity index (χ1n) is 8.01. The second-order valence-electron chi connectivity index (χ2n) is 5.78. The first kappa shape index (κ1) is 18.4. The van der Waals surface area contributed by atoms with Crippen molar-refractivity contribution in [3.8, 4) is 5.75 Å². The Morgan fingerprint density at radius 2 is 1.96 bits per heavy atom. The highest BCUT2D eigenvalue weighted by atomic mass is 32.2. The number of carbonyl (C=O) groups is 1. The number of aromatic carboxylic acids is 1. The normalized spacial score (nSPS) is 18.4. The lowest BCUT2D eigenvalue weighted by Gasteiger charge is -2.35. The quantitative estimate of drug-likeness (QED) is 0.858. The predicted molar refractivity (Wildman–Crippen MR) is 93.8 cm³/mol. The molecule has 0 aliphatic carbocycles. The number of carboxylic acids is 1. The van der Waals surface area contributed by atoms with Gasteiger partial charge in [-0.2, -0.15) is 4.31 Å². The molecule has 1 fully saturated rings. The molecule has 0 radical (unpaired) electrons. The van der Waals surface area contributed by atoms with Gasteiger partial charge in [-0.15, -0.1) is 0 Å². The van der Waals surface area contributed by atoms with Gasteiger partial charge in [-0.3, -0.25) is 0 Å². The van der Waals surface area contributed by atoms with Crippen LogP contribution in [-0.4, -0.2) is 50.7 Å². The van der Waals surface area contributed by atoms with Crippen LogP contribution in [0, 0.1) is 0 Å². The minimum atomic E-state index is -3.91. The third-order valence-electron chi connectivity index (χ3n) is 4.27. The van der Waals surface area contributed by atoms with E-state index in [9.17, 15) is 18.3 Å². The minimum absolute atomic E-state index is 0.0847. The van der Waals surface area contributed by atoms with Crippen molar-refractivity contribution in [3.63, 3.8) is 0 Å². The van der Waals surface area contributed by atoms with Gasteiger partial charge in [-0.1, -0.05) is 30.3 Å². The number of rotatable bonds is 5. The van der Waals surface area contributed by atoms with E-state index in [2.05, 4.69) is 0 Å². The summed E-state index contributed by atoms with van der Waals surface area (Å²) in [6.45, 7) is 0.714. The van der Waals surface area contributed by atoms with Crippen LogP contribution in [0.4, 0.5) is 0 Å². The van der Waals surface area contributed by atoms with Gasteiger partial charge >= 0.3 is 5.97 Å². The number of methoxy groups -OCH3 is 1. The fraction of sp³-hybridized carbons (Fsp3) is 0.278. The van der Waals surface area contributed by atoms with E-state index in [4.69, 9.17) is 9.47 Å². The zero-order chi connectivity index (χ0) is 18.7. The van der Waals surface area contributed by atoms with Gasteiger partial charge in [0, 0.05) is 6.54 Å². The van der Waals surface area contributed by atoms with E-state index in [0.29, 0.717) is 0 Å². The molecule has 8 heteroatoms. The number of hydrogen-bond acceptors (Lipinski definition) is 5. The number of ether oxygens (including phenoxy) is 2. The lowest BCUT2D eigenvalue weighted by atomic mass is 10.1. The Morgan fingerprint density at radius 3 is 2.62 bits per heavy atom. The number of nitrogens with zero attached hydrogens (tertiary/aromatic N) is 1. The third kappa shape index (κ3) is 3.44. The zero-order valence-corrected chi connectivity index (χ0v) is 15.0. The molecule has 1 N–H and O–H groups in total. The smallest absolute Gasteiger partial charge is 0.339 e. The molecule has 0 amide bonds. The second kappa shape index (κ2) is 7.45. The first-order chi connectivity index (χ1) is 12.4. The molecular formula is C18H19NO6S. The highest BCUT2D eigenvalue weighted by Gasteiger charge is 2.35. The van der Waals surface area contributed by atoms with Crippen LogP contribution in [0.3, 0.4) is 0 Å². The van der Waals surface area contributed by atoms with E-state index in [1.165, 1.54) is 23.5 Å². The Balaban J connectivity index is 2.03. The molecule has 2 aromatic rings. The topological polar surface area (TPSA) is 93.1 Å². The second-order valence-corrected chi connectivity index (χ2v) is 7.67. The number of hydrogen-bond donors (Lipinski definition) is 1. The molecule has 0 saturated carbocycles. The molecule has 138 valence electrons. The van der Waals surface area contributed by atoms with Gasteiger partial charge in [0.05, 0.1) is 31.3 Å². The number of morpholine rings is 1. The minimum Gasteiger partial charge on any atom is -0.496 e. The standard InChI is InChI=1S/C18H19NO6S/c1-24-17-8-7-14(11-15(17)18(20)21)26(22,23)19-9-10-25-12-16(19)13-5-3-2-4-6-13/h2-8,11,16H,9-10,12H2,1H3,(H,20,21). The largest absolute Gasteiger partial charge is 0.496 e. The van der Waals surface area contributed by atoms with Crippen molar-refractivity contribution in [1.29, 1.82) is 0 Å². The van der Waals surface area contributed by atoms with Crippen molar-refractivity contribution in [1.82, 2.24) is 4.31 Å². The van der Waals surface area contributed by atoms with Gasteiger partial charge in [-0.25, -0.2) is 13.2 Å². The molecular weight excluding hydrogens is 358 g/mol. The van der Waals surface area contributed by atoms with Crippen LogP contribution in [-0.2, 0) is 14.8 Å². The van der Waals surface area contributed by atoms with E-state index in [-0.39, 0.29) is 36.0 Å². The Morgan fingerprint density at radius 1 is 1.23 bits per heavy atom. The Labute approximate surface area is 151 Å². The fourth-order valence-electron chi connectivity index (χ4n) is 2.96. The molecule has 3 rings (SSSR count). The molecule has 2 aromatic carbocycles. The predicted octanol–water partition coefficient (Wildman–Crippen LogP) is 2.16. The Hall–Kier alpha value is -2.42. The SMILES string of the molecule is COc1ccc(S(=O)(=O)N2CCOCC2c2ccccc2)cc1C(=O)O. The van der Waals surface area contributed by atoms with Crippen LogP contribution in [0.15, 0.2) is 53.4 Å². The summed E-state index contributed by atoms with van der Waals surface area (Å²) < 4.78 is 38.2. The van der Waals surface area contributed by atoms with Crippen LogP contribution >= 0.6 is 0 Å². The van der Waals surface area contributed by atoms with Crippen LogP contribution < -0.4 is 4.74 Å². The summed E-state index contributed by atoms with van der Waals surface area (Å²) in [6.07, 6.45) is 0. The van der Waals surface area contributed by atoms with E-state index in [1.807, 2.05) is 30.3 Å². The van der Waals surface area contributed by atoms with Crippen LogP contribution in [0.2, 0.25) is 0 Å². The third-order valence-corrected chi connectivity index (χ3v) is 6.18.